The highest BCUT2D eigenvalue weighted by Gasteiger charge is 2.19. The van der Waals surface area contributed by atoms with Gasteiger partial charge in [0.05, 0.1) is 0 Å². The highest BCUT2D eigenvalue weighted by molar-refractivity contribution is 7.14. The number of thiophene rings is 1. The summed E-state index contributed by atoms with van der Waals surface area (Å²) in [5.41, 5.74) is 0.567. The number of hydrogen-bond donors (Lipinski definition) is 0. The predicted molar refractivity (Wildman–Crippen MR) is 81.6 cm³/mol. The fourth-order valence-corrected chi connectivity index (χ4v) is 2.96. The maximum atomic E-state index is 11.8. The Hall–Kier alpha value is -1.73. The van der Waals surface area contributed by atoms with Gasteiger partial charge in [-0.05, 0) is 32.2 Å². The number of carbonyl (C=O) groups is 2. The van der Waals surface area contributed by atoms with E-state index < -0.39 is 24.1 Å². The summed E-state index contributed by atoms with van der Waals surface area (Å²) in [6.45, 7) is 4.84. The smallest absolute Gasteiger partial charge is 0.358 e. The molecule has 0 saturated heterocycles. The van der Waals surface area contributed by atoms with Gasteiger partial charge < -0.3 is 9.47 Å². The van der Waals surface area contributed by atoms with Gasteiger partial charge >= 0.3 is 11.9 Å². The molecule has 0 spiro atoms. The number of carbonyl (C=O) groups excluding carboxylic acids is 2. The normalized spacial score (nSPS) is 11.2. The highest BCUT2D eigenvalue weighted by atomic mass is 32.1. The van der Waals surface area contributed by atoms with Crippen LogP contribution < -0.4 is 0 Å². The van der Waals surface area contributed by atoms with Crippen molar-refractivity contribution in [3.8, 4) is 10.6 Å². The minimum absolute atomic E-state index is 0.199. The lowest BCUT2D eigenvalue weighted by Crippen LogP contribution is -2.27. The molecule has 2 aromatic heterocycles. The van der Waals surface area contributed by atoms with Gasteiger partial charge in [-0.3, -0.25) is 0 Å². The summed E-state index contributed by atoms with van der Waals surface area (Å²) in [6.07, 6.45) is 0. The van der Waals surface area contributed by atoms with Crippen molar-refractivity contribution in [3.63, 3.8) is 0 Å². The van der Waals surface area contributed by atoms with Crippen LogP contribution in [0.2, 0.25) is 0 Å². The van der Waals surface area contributed by atoms with Crippen LogP contribution in [0.5, 0.6) is 0 Å². The Bertz CT molecular complexity index is 626. The van der Waals surface area contributed by atoms with E-state index in [9.17, 15) is 9.59 Å². The molecule has 0 fully saturated rings. The van der Waals surface area contributed by atoms with Crippen LogP contribution in [0, 0.1) is 0 Å². The molecule has 0 aromatic carbocycles. The van der Waals surface area contributed by atoms with Gasteiger partial charge in [0.2, 0.25) is 0 Å². The van der Waals surface area contributed by atoms with Gasteiger partial charge in [0.25, 0.3) is 0 Å². The van der Waals surface area contributed by atoms with Crippen LogP contribution in [-0.4, -0.2) is 29.1 Å². The zero-order valence-corrected chi connectivity index (χ0v) is 13.5. The maximum Gasteiger partial charge on any atom is 0.358 e. The van der Waals surface area contributed by atoms with Gasteiger partial charge in [-0.15, -0.1) is 11.3 Å². The highest BCUT2D eigenvalue weighted by Crippen LogP contribution is 2.25. The molecule has 5 nitrogen and oxygen atoms in total. The summed E-state index contributed by atoms with van der Waals surface area (Å²) in [4.78, 5) is 27.5. The van der Waals surface area contributed by atoms with E-state index >= 15 is 0 Å². The van der Waals surface area contributed by atoms with Crippen LogP contribution in [0.25, 0.3) is 10.6 Å². The molecule has 7 heteroatoms. The van der Waals surface area contributed by atoms with Crippen LogP contribution in [0.15, 0.2) is 22.2 Å². The van der Waals surface area contributed by atoms with Gasteiger partial charge in [-0.1, -0.05) is 0 Å². The Kier molecular flexibility index (Phi) is 4.74. The molecule has 0 amide bonds. The minimum Gasteiger partial charge on any atom is -0.457 e. The molecule has 2 rings (SSSR count). The second-order valence-electron chi connectivity index (χ2n) is 5.21. The van der Waals surface area contributed by atoms with Crippen LogP contribution in [0.3, 0.4) is 0 Å². The van der Waals surface area contributed by atoms with E-state index in [1.807, 2.05) is 16.8 Å². The van der Waals surface area contributed by atoms with E-state index in [0.717, 1.165) is 10.6 Å². The van der Waals surface area contributed by atoms with E-state index in [4.69, 9.17) is 9.47 Å². The molecule has 21 heavy (non-hydrogen) atoms. The number of rotatable bonds is 4. The lowest BCUT2D eigenvalue weighted by atomic mass is 10.2. The molecule has 0 aliphatic carbocycles. The van der Waals surface area contributed by atoms with Crippen molar-refractivity contribution in [2.45, 2.75) is 26.4 Å². The van der Waals surface area contributed by atoms with Gasteiger partial charge in [-0.2, -0.15) is 11.3 Å². The molecule has 0 aliphatic heterocycles. The van der Waals surface area contributed by atoms with Crippen LogP contribution >= 0.6 is 22.7 Å². The van der Waals surface area contributed by atoms with Gasteiger partial charge in [-0.25, -0.2) is 14.6 Å². The van der Waals surface area contributed by atoms with E-state index in [1.54, 1.807) is 37.5 Å². The van der Waals surface area contributed by atoms with Crippen molar-refractivity contribution in [2.24, 2.45) is 0 Å². The first-order chi connectivity index (χ1) is 9.85. The number of esters is 2. The molecule has 0 unspecified atom stereocenters. The number of nitrogens with zero attached hydrogens (tertiary/aromatic N) is 1. The molecular weight excluding hydrogens is 310 g/mol. The average molecular weight is 325 g/mol. The van der Waals surface area contributed by atoms with Crippen LogP contribution in [0.4, 0.5) is 0 Å². The fourth-order valence-electron chi connectivity index (χ4n) is 1.46. The Labute approximate surface area is 130 Å². The van der Waals surface area contributed by atoms with Gasteiger partial charge in [0.1, 0.15) is 10.6 Å². The second kappa shape index (κ2) is 6.36. The molecular formula is C14H15NO4S2. The average Bonchev–Trinajstić information content (AvgIpc) is 3.03. The molecule has 112 valence electrons. The SMILES string of the molecule is CC(C)(C)OC(=O)COC(=O)c1csc(-c2ccsc2)n1. The standard InChI is InChI=1S/C14H15NO4S2/c1-14(2,3)19-11(16)6-18-13(17)10-8-21-12(15-10)9-4-5-20-7-9/h4-5,7-8H,6H2,1-3H3. The lowest BCUT2D eigenvalue weighted by Gasteiger charge is -2.19. The number of thiazole rings is 1. The van der Waals surface area contributed by atoms with Crippen molar-refractivity contribution >= 4 is 34.6 Å². The third-order valence-corrected chi connectivity index (χ3v) is 3.80. The van der Waals surface area contributed by atoms with Crippen LogP contribution in [0.1, 0.15) is 31.3 Å². The van der Waals surface area contributed by atoms with E-state index in [-0.39, 0.29) is 5.69 Å². The zero-order chi connectivity index (χ0) is 15.5. The number of hydrogen-bond acceptors (Lipinski definition) is 7. The summed E-state index contributed by atoms with van der Waals surface area (Å²) in [5.74, 6) is -1.21. The summed E-state index contributed by atoms with van der Waals surface area (Å²) in [7, 11) is 0. The van der Waals surface area contributed by atoms with Crippen molar-refractivity contribution in [1.29, 1.82) is 0 Å². The van der Waals surface area contributed by atoms with E-state index in [1.165, 1.54) is 11.3 Å². The first-order valence-corrected chi connectivity index (χ1v) is 8.04. The summed E-state index contributed by atoms with van der Waals surface area (Å²) in [5, 5.41) is 6.26. The molecule has 0 N–H and O–H groups in total. The summed E-state index contributed by atoms with van der Waals surface area (Å²) < 4.78 is 9.96. The van der Waals surface area contributed by atoms with Gasteiger partial charge in [0, 0.05) is 16.3 Å². The second-order valence-corrected chi connectivity index (χ2v) is 6.85. The van der Waals surface area contributed by atoms with Crippen molar-refractivity contribution in [2.75, 3.05) is 6.61 Å². The van der Waals surface area contributed by atoms with Gasteiger partial charge in [0.15, 0.2) is 12.3 Å². The molecule has 2 heterocycles. The molecule has 0 saturated carbocycles. The monoisotopic (exact) mass is 325 g/mol. The van der Waals surface area contributed by atoms with Crippen molar-refractivity contribution in [1.82, 2.24) is 4.98 Å². The number of ether oxygens (including phenoxy) is 2. The predicted octanol–water partition coefficient (Wildman–Crippen LogP) is 3.37. The maximum absolute atomic E-state index is 11.8. The Morgan fingerprint density at radius 3 is 2.67 bits per heavy atom. The van der Waals surface area contributed by atoms with E-state index in [0.29, 0.717) is 0 Å². The van der Waals surface area contributed by atoms with Crippen molar-refractivity contribution in [3.05, 3.63) is 27.9 Å². The molecule has 2 aromatic rings. The Morgan fingerprint density at radius 2 is 2.05 bits per heavy atom. The zero-order valence-electron chi connectivity index (χ0n) is 11.9. The van der Waals surface area contributed by atoms with E-state index in [2.05, 4.69) is 4.98 Å². The number of aromatic nitrogens is 1. The Balaban J connectivity index is 1.91. The largest absolute Gasteiger partial charge is 0.457 e. The minimum atomic E-state index is -0.626. The van der Waals surface area contributed by atoms with Crippen LogP contribution in [-0.2, 0) is 14.3 Å². The molecule has 0 radical (unpaired) electrons. The third kappa shape index (κ3) is 4.64. The molecule has 0 bridgehead atoms. The first-order valence-electron chi connectivity index (χ1n) is 6.22. The van der Waals surface area contributed by atoms with Crippen molar-refractivity contribution < 1.29 is 19.1 Å². The fraction of sp³-hybridized carbons (Fsp3) is 0.357. The Morgan fingerprint density at radius 1 is 1.29 bits per heavy atom. The summed E-state index contributed by atoms with van der Waals surface area (Å²) in [6, 6.07) is 1.93. The topological polar surface area (TPSA) is 65.5 Å². The summed E-state index contributed by atoms with van der Waals surface area (Å²) >= 11 is 2.92. The molecule has 0 aliphatic rings. The first kappa shape index (κ1) is 15.7. The lowest BCUT2D eigenvalue weighted by molar-refractivity contribution is -0.158. The third-order valence-electron chi connectivity index (χ3n) is 2.22. The quantitative estimate of drug-likeness (QED) is 0.806. The molecule has 0 atom stereocenters.